The van der Waals surface area contributed by atoms with E-state index in [1.165, 1.54) is 6.07 Å². The average Bonchev–Trinajstić information content (AvgIpc) is 3.62. The molecule has 3 heterocycles. The Hall–Kier alpha value is -4.44. The number of hydrogen-bond acceptors (Lipinski definition) is 1. The topological polar surface area (TPSA) is 37.8 Å². The fraction of sp³-hybridized carbons (Fsp3) is 0.147. The number of halogens is 1. The number of hydrogen-bond donors (Lipinski definition) is 1. The van der Waals surface area contributed by atoms with E-state index in [1.807, 2.05) is 42.5 Å². The number of para-hydroxylation sites is 2. The first-order valence-corrected chi connectivity index (χ1v) is 13.1. The molecule has 8 rings (SSSR count). The van der Waals surface area contributed by atoms with Gasteiger partial charge in [-0.3, -0.25) is 4.79 Å². The van der Waals surface area contributed by atoms with Crippen LogP contribution in [0.15, 0.2) is 97.1 Å². The molecule has 0 bridgehead atoms. The van der Waals surface area contributed by atoms with Crippen LogP contribution in [0.3, 0.4) is 0 Å². The van der Waals surface area contributed by atoms with Crippen LogP contribution in [0.2, 0.25) is 0 Å². The zero-order valence-corrected chi connectivity index (χ0v) is 21.1. The molecule has 1 aliphatic carbocycles. The Morgan fingerprint density at radius 3 is 2.29 bits per heavy atom. The second-order valence-electron chi connectivity index (χ2n) is 10.7. The highest BCUT2D eigenvalue weighted by Crippen LogP contribution is 2.63. The van der Waals surface area contributed by atoms with Gasteiger partial charge in [0.15, 0.2) is 5.78 Å². The predicted octanol–water partition coefficient (Wildman–Crippen LogP) is 7.63. The van der Waals surface area contributed by atoms with E-state index in [-0.39, 0.29) is 11.6 Å². The van der Waals surface area contributed by atoms with Gasteiger partial charge in [-0.1, -0.05) is 78.9 Å². The third kappa shape index (κ3) is 2.37. The van der Waals surface area contributed by atoms with Crippen LogP contribution in [-0.4, -0.2) is 15.3 Å². The summed E-state index contributed by atoms with van der Waals surface area (Å²) in [4.78, 5) is 18.3. The number of aromatic nitrogens is 2. The average molecular weight is 497 g/mol. The summed E-state index contributed by atoms with van der Waals surface area (Å²) in [5.74, 6) is -1.17. The molecule has 6 aromatic rings. The number of nitrogens with zero attached hydrogens (tertiary/aromatic N) is 1. The molecule has 38 heavy (non-hydrogen) atoms. The number of ketones is 1. The zero-order chi connectivity index (χ0) is 25.8. The summed E-state index contributed by atoms with van der Waals surface area (Å²) >= 11 is 0. The predicted molar refractivity (Wildman–Crippen MR) is 148 cm³/mol. The highest BCUT2D eigenvalue weighted by atomic mass is 19.1. The van der Waals surface area contributed by atoms with Gasteiger partial charge in [-0.15, -0.1) is 0 Å². The maximum atomic E-state index is 15.7. The van der Waals surface area contributed by atoms with Crippen LogP contribution in [0.1, 0.15) is 49.9 Å². The molecular weight excluding hydrogens is 471 g/mol. The third-order valence-corrected chi connectivity index (χ3v) is 9.08. The Morgan fingerprint density at radius 2 is 1.47 bits per heavy atom. The molecule has 0 fully saturated rings. The number of carbonyl (C=O) groups excluding carboxylic acids is 1. The van der Waals surface area contributed by atoms with Gasteiger partial charge >= 0.3 is 0 Å². The number of rotatable bonds is 2. The minimum atomic E-state index is -0.840. The van der Waals surface area contributed by atoms with Crippen LogP contribution in [0.25, 0.3) is 21.8 Å². The summed E-state index contributed by atoms with van der Waals surface area (Å²) in [6, 6.07) is 31.6. The van der Waals surface area contributed by atoms with Crippen molar-refractivity contribution in [2.24, 2.45) is 5.92 Å². The largest absolute Gasteiger partial charge is 0.356 e. The van der Waals surface area contributed by atoms with Crippen molar-refractivity contribution in [2.45, 2.75) is 25.3 Å². The normalized spacial score (nSPS) is 21.7. The lowest BCUT2D eigenvalue weighted by molar-refractivity contribution is 0.0894. The van der Waals surface area contributed by atoms with Gasteiger partial charge in [0, 0.05) is 39.0 Å². The Kier molecular flexibility index (Phi) is 4.17. The molecule has 2 aromatic heterocycles. The van der Waals surface area contributed by atoms with Crippen molar-refractivity contribution in [3.05, 3.63) is 142 Å². The lowest BCUT2D eigenvalue weighted by atomic mass is 9.72. The molecule has 184 valence electrons. The molecular formula is C34H25FN2O. The molecule has 0 amide bonds. The van der Waals surface area contributed by atoms with Gasteiger partial charge in [0.25, 0.3) is 0 Å². The maximum absolute atomic E-state index is 15.7. The van der Waals surface area contributed by atoms with Crippen LogP contribution >= 0.6 is 0 Å². The SMILES string of the molecule is Cc1c(C23c4ccccc4C(=O)C2C(c2ccccc2F)c2c(C)c4ccccc4n23)[nH]c2ccccc12. The standard InChI is InChI=1S/C34H25FN2O/c1-19-22-12-6-10-18-28(22)37-31(19)29(24-14-4-8-16-26(24)35)30-32(38)23-13-3-7-15-25(23)34(30,37)33-20(2)21-11-5-9-17-27(21)36-33/h3-18,29-30,36H,1-2H3. The second-order valence-corrected chi connectivity index (χ2v) is 10.7. The fourth-order valence-electron chi connectivity index (χ4n) is 7.66. The van der Waals surface area contributed by atoms with Crippen LogP contribution in [0.5, 0.6) is 0 Å². The summed E-state index contributed by atoms with van der Waals surface area (Å²) in [7, 11) is 0. The highest BCUT2D eigenvalue weighted by molar-refractivity contribution is 6.08. The molecule has 1 aliphatic heterocycles. The van der Waals surface area contributed by atoms with Crippen LogP contribution in [0.4, 0.5) is 4.39 Å². The van der Waals surface area contributed by atoms with Crippen LogP contribution in [0, 0.1) is 25.6 Å². The first-order valence-electron chi connectivity index (χ1n) is 13.1. The van der Waals surface area contributed by atoms with E-state index in [9.17, 15) is 4.79 Å². The number of nitrogens with one attached hydrogen (secondary N) is 1. The van der Waals surface area contributed by atoms with Crippen molar-refractivity contribution in [3.63, 3.8) is 0 Å². The zero-order valence-electron chi connectivity index (χ0n) is 21.1. The van der Waals surface area contributed by atoms with Gasteiger partial charge in [0.1, 0.15) is 11.4 Å². The number of H-pyrrole nitrogens is 1. The molecule has 0 saturated heterocycles. The number of aryl methyl sites for hydroxylation is 2. The van der Waals surface area contributed by atoms with Crippen molar-refractivity contribution < 1.29 is 9.18 Å². The summed E-state index contributed by atoms with van der Waals surface area (Å²) in [5.41, 5.74) is 7.76. The molecule has 3 nitrogen and oxygen atoms in total. The molecule has 3 atom stereocenters. The van der Waals surface area contributed by atoms with E-state index in [1.54, 1.807) is 6.07 Å². The van der Waals surface area contributed by atoms with E-state index >= 15 is 4.39 Å². The van der Waals surface area contributed by atoms with Gasteiger partial charge in [-0.25, -0.2) is 4.39 Å². The minimum absolute atomic E-state index is 0.0686. The molecule has 2 aliphatic rings. The number of fused-ring (bicyclic) bond motifs is 8. The number of Topliss-reactive ketones (excluding diaryl/α,β-unsaturated/α-hetero) is 1. The van der Waals surface area contributed by atoms with Gasteiger partial charge in [0.2, 0.25) is 0 Å². The fourth-order valence-corrected chi connectivity index (χ4v) is 7.66. The third-order valence-electron chi connectivity index (χ3n) is 9.08. The molecule has 4 heteroatoms. The molecule has 3 unspecified atom stereocenters. The van der Waals surface area contributed by atoms with E-state index < -0.39 is 17.4 Å². The molecule has 1 N–H and O–H groups in total. The Bertz CT molecular complexity index is 1960. The molecule has 0 spiro atoms. The van der Waals surface area contributed by atoms with Crippen molar-refractivity contribution in [2.75, 3.05) is 0 Å². The number of benzene rings is 4. The van der Waals surface area contributed by atoms with Crippen molar-refractivity contribution >= 4 is 27.6 Å². The smallest absolute Gasteiger partial charge is 0.170 e. The van der Waals surface area contributed by atoms with Gasteiger partial charge < -0.3 is 9.55 Å². The molecule has 4 aromatic carbocycles. The monoisotopic (exact) mass is 496 g/mol. The van der Waals surface area contributed by atoms with Gasteiger partial charge in [-0.05, 0) is 54.3 Å². The second kappa shape index (κ2) is 7.32. The lowest BCUT2D eigenvalue weighted by Crippen LogP contribution is -2.40. The number of aromatic amines is 1. The summed E-state index contributed by atoms with van der Waals surface area (Å²) < 4.78 is 18.1. The Balaban J connectivity index is 1.62. The van der Waals surface area contributed by atoms with Crippen LogP contribution < -0.4 is 0 Å². The van der Waals surface area contributed by atoms with Crippen molar-refractivity contribution in [1.82, 2.24) is 9.55 Å². The Morgan fingerprint density at radius 1 is 0.789 bits per heavy atom. The summed E-state index contributed by atoms with van der Waals surface area (Å²) in [5, 5.41) is 2.27. The molecule has 0 saturated carbocycles. The minimum Gasteiger partial charge on any atom is -0.356 e. The van der Waals surface area contributed by atoms with Gasteiger partial charge in [-0.2, -0.15) is 0 Å². The van der Waals surface area contributed by atoms with Crippen molar-refractivity contribution in [1.29, 1.82) is 0 Å². The molecule has 0 radical (unpaired) electrons. The van der Waals surface area contributed by atoms with E-state index in [0.29, 0.717) is 5.56 Å². The highest BCUT2D eigenvalue weighted by Gasteiger charge is 2.65. The quantitative estimate of drug-likeness (QED) is 0.263. The Labute approximate surface area is 219 Å². The van der Waals surface area contributed by atoms with E-state index in [0.717, 1.165) is 55.4 Å². The maximum Gasteiger partial charge on any atom is 0.170 e. The van der Waals surface area contributed by atoms with E-state index in [2.05, 4.69) is 65.9 Å². The van der Waals surface area contributed by atoms with Gasteiger partial charge in [0.05, 0.1) is 11.6 Å². The summed E-state index contributed by atoms with van der Waals surface area (Å²) in [6.45, 7) is 4.26. The van der Waals surface area contributed by atoms with Crippen molar-refractivity contribution in [3.8, 4) is 0 Å². The number of carbonyl (C=O) groups is 1. The summed E-state index contributed by atoms with van der Waals surface area (Å²) in [6.07, 6.45) is 0. The first kappa shape index (κ1) is 21.6. The van der Waals surface area contributed by atoms with E-state index in [4.69, 9.17) is 0 Å². The lowest BCUT2D eigenvalue weighted by Gasteiger charge is -2.34. The first-order chi connectivity index (χ1) is 18.5. The van der Waals surface area contributed by atoms with Crippen LogP contribution in [-0.2, 0) is 5.54 Å².